The third kappa shape index (κ3) is 4.85. The first-order valence-corrected chi connectivity index (χ1v) is 9.22. The van der Waals surface area contributed by atoms with Gasteiger partial charge in [-0.15, -0.1) is 0 Å². The summed E-state index contributed by atoms with van der Waals surface area (Å²) in [5.74, 6) is 0.865. The Hall–Kier alpha value is -3.41. The van der Waals surface area contributed by atoms with Gasteiger partial charge in [0, 0.05) is 24.2 Å². The minimum Gasteiger partial charge on any atom is -0.441 e. The number of hydrogen-bond donors (Lipinski definition) is 2. The fourth-order valence-electron chi connectivity index (χ4n) is 2.80. The molecule has 6 nitrogen and oxygen atoms in total. The molecule has 0 saturated heterocycles. The highest BCUT2D eigenvalue weighted by Crippen LogP contribution is 2.21. The largest absolute Gasteiger partial charge is 0.441 e. The van der Waals surface area contributed by atoms with Gasteiger partial charge in [-0.2, -0.15) is 0 Å². The Bertz CT molecular complexity index is 964. The van der Waals surface area contributed by atoms with Crippen molar-refractivity contribution in [2.24, 2.45) is 0 Å². The first kappa shape index (κ1) is 19.4. The number of rotatable bonds is 7. The number of nitrogens with one attached hydrogen (secondary N) is 2. The molecular formula is C22H23N3O3. The molecule has 0 radical (unpaired) electrons. The summed E-state index contributed by atoms with van der Waals surface area (Å²) in [6.45, 7) is 4.59. The Labute approximate surface area is 164 Å². The molecule has 0 unspecified atom stereocenters. The lowest BCUT2D eigenvalue weighted by Gasteiger charge is -2.07. The second-order valence-electron chi connectivity index (χ2n) is 6.40. The van der Waals surface area contributed by atoms with Gasteiger partial charge in [0.25, 0.3) is 5.91 Å². The number of carbonyl (C=O) groups is 2. The van der Waals surface area contributed by atoms with Gasteiger partial charge in [-0.1, -0.05) is 30.3 Å². The van der Waals surface area contributed by atoms with Crippen molar-refractivity contribution in [3.8, 4) is 11.5 Å². The molecule has 144 valence electrons. The number of aryl methyl sites for hydroxylation is 1. The lowest BCUT2D eigenvalue weighted by molar-refractivity contribution is -0.120. The molecule has 0 fully saturated rings. The van der Waals surface area contributed by atoms with Crippen LogP contribution in [0, 0.1) is 6.92 Å². The molecule has 2 amide bonds. The molecule has 0 spiro atoms. The van der Waals surface area contributed by atoms with E-state index in [-0.39, 0.29) is 18.2 Å². The SMILES string of the molecule is CCNC(=O)c1cccc(CNC(=O)Cc2nc(-c3ccccc3)oc2C)c1. The van der Waals surface area contributed by atoms with E-state index < -0.39 is 0 Å². The molecule has 28 heavy (non-hydrogen) atoms. The number of amides is 2. The molecule has 0 bridgehead atoms. The summed E-state index contributed by atoms with van der Waals surface area (Å²) in [4.78, 5) is 28.7. The summed E-state index contributed by atoms with van der Waals surface area (Å²) in [7, 11) is 0. The quantitative estimate of drug-likeness (QED) is 0.662. The van der Waals surface area contributed by atoms with Gasteiger partial charge in [0.05, 0.1) is 12.1 Å². The number of nitrogens with zero attached hydrogens (tertiary/aromatic N) is 1. The average molecular weight is 377 g/mol. The lowest BCUT2D eigenvalue weighted by Crippen LogP contribution is -2.26. The average Bonchev–Trinajstić information content (AvgIpc) is 3.08. The Kier molecular flexibility index (Phi) is 6.22. The van der Waals surface area contributed by atoms with E-state index in [1.807, 2.05) is 43.3 Å². The van der Waals surface area contributed by atoms with Crippen LogP contribution in [0.1, 0.15) is 34.3 Å². The van der Waals surface area contributed by atoms with E-state index in [0.717, 1.165) is 11.1 Å². The molecule has 0 aliphatic carbocycles. The summed E-state index contributed by atoms with van der Waals surface area (Å²) >= 11 is 0. The lowest BCUT2D eigenvalue weighted by atomic mass is 10.1. The number of benzene rings is 2. The van der Waals surface area contributed by atoms with Gasteiger partial charge in [0.2, 0.25) is 11.8 Å². The van der Waals surface area contributed by atoms with Gasteiger partial charge in [0.1, 0.15) is 5.76 Å². The number of oxazole rings is 1. The molecular weight excluding hydrogens is 354 g/mol. The molecule has 0 atom stereocenters. The second-order valence-corrected chi connectivity index (χ2v) is 6.40. The molecule has 1 heterocycles. The van der Waals surface area contributed by atoms with E-state index in [2.05, 4.69) is 15.6 Å². The van der Waals surface area contributed by atoms with Crippen LogP contribution in [0.4, 0.5) is 0 Å². The Morgan fingerprint density at radius 2 is 1.82 bits per heavy atom. The molecule has 2 aromatic carbocycles. The minimum absolute atomic E-state index is 0.123. The Morgan fingerprint density at radius 3 is 2.57 bits per heavy atom. The van der Waals surface area contributed by atoms with Crippen molar-refractivity contribution in [3.63, 3.8) is 0 Å². The van der Waals surface area contributed by atoms with Gasteiger partial charge in [-0.25, -0.2) is 4.98 Å². The molecule has 0 aliphatic heterocycles. The minimum atomic E-state index is -0.153. The predicted molar refractivity (Wildman–Crippen MR) is 107 cm³/mol. The highest BCUT2D eigenvalue weighted by atomic mass is 16.4. The maximum absolute atomic E-state index is 12.3. The molecule has 0 saturated carbocycles. The first-order valence-electron chi connectivity index (χ1n) is 9.22. The summed E-state index contributed by atoms with van der Waals surface area (Å²) < 4.78 is 5.69. The van der Waals surface area contributed by atoms with Crippen molar-refractivity contribution in [2.45, 2.75) is 26.8 Å². The highest BCUT2D eigenvalue weighted by molar-refractivity contribution is 5.94. The van der Waals surface area contributed by atoms with E-state index in [4.69, 9.17) is 4.42 Å². The third-order valence-electron chi connectivity index (χ3n) is 4.26. The van der Waals surface area contributed by atoms with E-state index >= 15 is 0 Å². The predicted octanol–water partition coefficient (Wildman–Crippen LogP) is 3.26. The second kappa shape index (κ2) is 8.99. The van der Waals surface area contributed by atoms with Gasteiger partial charge >= 0.3 is 0 Å². The van der Waals surface area contributed by atoms with Crippen molar-refractivity contribution < 1.29 is 14.0 Å². The van der Waals surface area contributed by atoms with E-state index in [9.17, 15) is 9.59 Å². The zero-order valence-electron chi connectivity index (χ0n) is 16.0. The maximum Gasteiger partial charge on any atom is 0.251 e. The molecule has 3 aromatic rings. The summed E-state index contributed by atoms with van der Waals surface area (Å²) in [6.07, 6.45) is 0.137. The van der Waals surface area contributed by atoms with Crippen LogP contribution in [0.5, 0.6) is 0 Å². The molecule has 3 rings (SSSR count). The van der Waals surface area contributed by atoms with E-state index in [1.54, 1.807) is 25.1 Å². The van der Waals surface area contributed by atoms with Crippen molar-refractivity contribution in [3.05, 3.63) is 77.2 Å². The zero-order chi connectivity index (χ0) is 19.9. The molecule has 1 aromatic heterocycles. The summed E-state index contributed by atoms with van der Waals surface area (Å²) in [5, 5.41) is 5.63. The van der Waals surface area contributed by atoms with Crippen LogP contribution in [0.3, 0.4) is 0 Å². The molecule has 2 N–H and O–H groups in total. The third-order valence-corrected chi connectivity index (χ3v) is 4.26. The van der Waals surface area contributed by atoms with Crippen LogP contribution in [0.2, 0.25) is 0 Å². The zero-order valence-corrected chi connectivity index (χ0v) is 16.0. The van der Waals surface area contributed by atoms with Crippen molar-refractivity contribution in [1.29, 1.82) is 0 Å². The maximum atomic E-state index is 12.3. The van der Waals surface area contributed by atoms with Crippen molar-refractivity contribution in [2.75, 3.05) is 6.54 Å². The summed E-state index contributed by atoms with van der Waals surface area (Å²) in [5.41, 5.74) is 2.93. The van der Waals surface area contributed by atoms with Crippen LogP contribution in [-0.2, 0) is 17.8 Å². The number of carbonyl (C=O) groups excluding carboxylic acids is 2. The number of aromatic nitrogens is 1. The fourth-order valence-corrected chi connectivity index (χ4v) is 2.80. The van der Waals surface area contributed by atoms with Crippen molar-refractivity contribution in [1.82, 2.24) is 15.6 Å². The normalized spacial score (nSPS) is 10.5. The van der Waals surface area contributed by atoms with Gasteiger partial charge < -0.3 is 15.1 Å². The van der Waals surface area contributed by atoms with Crippen molar-refractivity contribution >= 4 is 11.8 Å². The highest BCUT2D eigenvalue weighted by Gasteiger charge is 2.14. The van der Waals surface area contributed by atoms with Crippen LogP contribution in [0.15, 0.2) is 59.0 Å². The van der Waals surface area contributed by atoms with Gasteiger partial charge in [-0.3, -0.25) is 9.59 Å². The van der Waals surface area contributed by atoms with E-state index in [0.29, 0.717) is 36.0 Å². The van der Waals surface area contributed by atoms with Gasteiger partial charge in [0.15, 0.2) is 0 Å². The first-order chi connectivity index (χ1) is 13.6. The van der Waals surface area contributed by atoms with Crippen LogP contribution < -0.4 is 10.6 Å². The summed E-state index contributed by atoms with van der Waals surface area (Å²) in [6, 6.07) is 16.8. The van der Waals surface area contributed by atoms with Crippen LogP contribution >= 0.6 is 0 Å². The number of hydrogen-bond acceptors (Lipinski definition) is 4. The molecule has 0 aliphatic rings. The van der Waals surface area contributed by atoms with Gasteiger partial charge in [-0.05, 0) is 43.7 Å². The molecule has 6 heteroatoms. The fraction of sp³-hybridized carbons (Fsp3) is 0.227. The smallest absolute Gasteiger partial charge is 0.251 e. The van der Waals surface area contributed by atoms with Crippen LogP contribution in [0.25, 0.3) is 11.5 Å². The van der Waals surface area contributed by atoms with E-state index in [1.165, 1.54) is 0 Å². The topological polar surface area (TPSA) is 84.2 Å². The monoisotopic (exact) mass is 377 g/mol. The van der Waals surface area contributed by atoms with Crippen LogP contribution in [-0.4, -0.2) is 23.3 Å². The Morgan fingerprint density at radius 1 is 1.04 bits per heavy atom. The Balaban J connectivity index is 1.60. The standard InChI is InChI=1S/C22H23N3O3/c1-3-23-21(27)18-11-7-8-16(12-18)14-24-20(26)13-19-15(2)28-22(25-19)17-9-5-4-6-10-17/h4-12H,3,13-14H2,1-2H3,(H,23,27)(H,24,26).